The number of nitrogens with zero attached hydrogens (tertiary/aromatic N) is 1. The summed E-state index contributed by atoms with van der Waals surface area (Å²) in [6.07, 6.45) is 5.70. The number of hydrogen-bond acceptors (Lipinski definition) is 3. The molecule has 0 aromatic carbocycles. The molecule has 0 unspecified atom stereocenters. The standard InChI is InChI=1S/C15H23NO2/c1-12-5-6-13(18-12)10-16-9-3-8-15(11-16)7-2-4-14(15)17/h5-6,14,17H,2-4,7-11H2,1H3/t14-,15+/m1/s1. The topological polar surface area (TPSA) is 36.6 Å². The van der Waals surface area contributed by atoms with Gasteiger partial charge in [0.05, 0.1) is 12.6 Å². The Bertz CT molecular complexity index is 414. The molecule has 100 valence electrons. The normalized spacial score (nSPS) is 33.3. The maximum Gasteiger partial charge on any atom is 0.118 e. The van der Waals surface area contributed by atoms with Crippen molar-refractivity contribution in [2.75, 3.05) is 13.1 Å². The van der Waals surface area contributed by atoms with Crippen molar-refractivity contribution in [2.24, 2.45) is 5.41 Å². The molecule has 2 fully saturated rings. The van der Waals surface area contributed by atoms with Gasteiger partial charge in [-0.25, -0.2) is 0 Å². The summed E-state index contributed by atoms with van der Waals surface area (Å²) in [6, 6.07) is 4.10. The molecular formula is C15H23NO2. The van der Waals surface area contributed by atoms with Crippen LogP contribution in [-0.2, 0) is 6.54 Å². The van der Waals surface area contributed by atoms with Crippen LogP contribution < -0.4 is 0 Å². The van der Waals surface area contributed by atoms with Crippen LogP contribution in [0.4, 0.5) is 0 Å². The summed E-state index contributed by atoms with van der Waals surface area (Å²) in [5.41, 5.74) is 0.180. The van der Waals surface area contributed by atoms with Gasteiger partial charge in [0, 0.05) is 12.0 Å². The molecular weight excluding hydrogens is 226 g/mol. The molecule has 1 N–H and O–H groups in total. The van der Waals surface area contributed by atoms with Gasteiger partial charge in [0.25, 0.3) is 0 Å². The van der Waals surface area contributed by atoms with Crippen molar-refractivity contribution in [2.45, 2.75) is 51.7 Å². The third kappa shape index (κ3) is 2.21. The Balaban J connectivity index is 1.67. The van der Waals surface area contributed by atoms with Crippen molar-refractivity contribution in [1.82, 2.24) is 4.90 Å². The monoisotopic (exact) mass is 249 g/mol. The molecule has 1 aliphatic carbocycles. The first-order chi connectivity index (χ1) is 8.68. The molecule has 1 aliphatic heterocycles. The predicted molar refractivity (Wildman–Crippen MR) is 70.2 cm³/mol. The Labute approximate surface area is 109 Å². The van der Waals surface area contributed by atoms with Gasteiger partial charge < -0.3 is 9.52 Å². The number of piperidine rings is 1. The molecule has 3 nitrogen and oxygen atoms in total. The fourth-order valence-electron chi connectivity index (χ4n) is 3.78. The Morgan fingerprint density at radius 1 is 1.39 bits per heavy atom. The lowest BCUT2D eigenvalue weighted by atomic mass is 9.76. The van der Waals surface area contributed by atoms with E-state index >= 15 is 0 Å². The van der Waals surface area contributed by atoms with Gasteiger partial charge in [-0.15, -0.1) is 0 Å². The highest BCUT2D eigenvalue weighted by Gasteiger charge is 2.44. The van der Waals surface area contributed by atoms with E-state index in [-0.39, 0.29) is 11.5 Å². The van der Waals surface area contributed by atoms with Gasteiger partial charge in [0.1, 0.15) is 11.5 Å². The van der Waals surface area contributed by atoms with Crippen LogP contribution in [0.15, 0.2) is 16.5 Å². The number of likely N-dealkylation sites (tertiary alicyclic amines) is 1. The van der Waals surface area contributed by atoms with Gasteiger partial charge >= 0.3 is 0 Å². The van der Waals surface area contributed by atoms with E-state index < -0.39 is 0 Å². The molecule has 3 rings (SSSR count). The van der Waals surface area contributed by atoms with E-state index in [0.29, 0.717) is 0 Å². The molecule has 1 saturated heterocycles. The van der Waals surface area contributed by atoms with Crippen molar-refractivity contribution in [3.63, 3.8) is 0 Å². The molecule has 1 aromatic heterocycles. The lowest BCUT2D eigenvalue weighted by Gasteiger charge is -2.42. The lowest BCUT2D eigenvalue weighted by Crippen LogP contribution is -2.46. The van der Waals surface area contributed by atoms with E-state index in [1.165, 1.54) is 25.7 Å². The van der Waals surface area contributed by atoms with Gasteiger partial charge in [0.15, 0.2) is 0 Å². The molecule has 1 spiro atoms. The quantitative estimate of drug-likeness (QED) is 0.875. The van der Waals surface area contributed by atoms with Crippen LogP contribution in [0.5, 0.6) is 0 Å². The first-order valence-corrected chi connectivity index (χ1v) is 7.14. The second-order valence-electron chi connectivity index (χ2n) is 6.10. The molecule has 2 atom stereocenters. The molecule has 2 aliphatic rings. The van der Waals surface area contributed by atoms with Crippen molar-refractivity contribution < 1.29 is 9.52 Å². The van der Waals surface area contributed by atoms with E-state index in [9.17, 15) is 5.11 Å². The van der Waals surface area contributed by atoms with E-state index in [1.807, 2.05) is 13.0 Å². The van der Waals surface area contributed by atoms with Crippen molar-refractivity contribution >= 4 is 0 Å². The number of aliphatic hydroxyl groups is 1. The fraction of sp³-hybridized carbons (Fsp3) is 0.733. The Morgan fingerprint density at radius 3 is 2.89 bits per heavy atom. The molecule has 1 saturated carbocycles. The van der Waals surface area contributed by atoms with E-state index in [4.69, 9.17) is 4.42 Å². The van der Waals surface area contributed by atoms with E-state index in [1.54, 1.807) is 0 Å². The van der Waals surface area contributed by atoms with Crippen LogP contribution in [0.1, 0.15) is 43.6 Å². The number of aliphatic hydroxyl groups excluding tert-OH is 1. The third-order valence-electron chi connectivity index (χ3n) is 4.72. The maximum absolute atomic E-state index is 10.2. The van der Waals surface area contributed by atoms with Gasteiger partial charge in [-0.05, 0) is 51.3 Å². The summed E-state index contributed by atoms with van der Waals surface area (Å²) >= 11 is 0. The molecule has 2 heterocycles. The minimum Gasteiger partial charge on any atom is -0.465 e. The number of hydrogen-bond donors (Lipinski definition) is 1. The fourth-order valence-corrected chi connectivity index (χ4v) is 3.78. The Hall–Kier alpha value is -0.800. The SMILES string of the molecule is Cc1ccc(CN2CCC[C@@]3(CCC[C@H]3O)C2)o1. The molecule has 0 radical (unpaired) electrons. The Morgan fingerprint density at radius 2 is 2.22 bits per heavy atom. The zero-order valence-electron chi connectivity index (χ0n) is 11.2. The number of aryl methyl sites for hydroxylation is 1. The molecule has 1 aromatic rings. The maximum atomic E-state index is 10.2. The number of rotatable bonds is 2. The smallest absolute Gasteiger partial charge is 0.118 e. The van der Waals surface area contributed by atoms with Gasteiger partial charge in [-0.3, -0.25) is 4.90 Å². The third-order valence-corrected chi connectivity index (χ3v) is 4.72. The highest BCUT2D eigenvalue weighted by Crippen LogP contribution is 2.45. The highest BCUT2D eigenvalue weighted by atomic mass is 16.3. The van der Waals surface area contributed by atoms with Gasteiger partial charge in [-0.2, -0.15) is 0 Å². The van der Waals surface area contributed by atoms with Crippen molar-refractivity contribution in [1.29, 1.82) is 0 Å². The zero-order valence-corrected chi connectivity index (χ0v) is 11.2. The van der Waals surface area contributed by atoms with Crippen LogP contribution >= 0.6 is 0 Å². The van der Waals surface area contributed by atoms with E-state index in [2.05, 4.69) is 11.0 Å². The molecule has 0 amide bonds. The lowest BCUT2D eigenvalue weighted by molar-refractivity contribution is -0.0137. The average Bonchev–Trinajstić information content (AvgIpc) is 2.88. The summed E-state index contributed by atoms with van der Waals surface area (Å²) in [7, 11) is 0. The summed E-state index contributed by atoms with van der Waals surface area (Å²) in [5, 5.41) is 10.2. The average molecular weight is 249 g/mol. The van der Waals surface area contributed by atoms with Crippen LogP contribution in [-0.4, -0.2) is 29.2 Å². The highest BCUT2D eigenvalue weighted by molar-refractivity contribution is 5.06. The predicted octanol–water partition coefficient (Wildman–Crippen LogP) is 2.72. The first-order valence-electron chi connectivity index (χ1n) is 7.14. The van der Waals surface area contributed by atoms with Crippen LogP contribution in [0, 0.1) is 12.3 Å². The Kier molecular flexibility index (Phi) is 3.20. The molecule has 18 heavy (non-hydrogen) atoms. The van der Waals surface area contributed by atoms with Crippen LogP contribution in [0.25, 0.3) is 0 Å². The van der Waals surface area contributed by atoms with Gasteiger partial charge in [-0.1, -0.05) is 6.42 Å². The first kappa shape index (κ1) is 12.2. The van der Waals surface area contributed by atoms with Gasteiger partial charge in [0.2, 0.25) is 0 Å². The molecule has 0 bridgehead atoms. The second-order valence-corrected chi connectivity index (χ2v) is 6.10. The van der Waals surface area contributed by atoms with E-state index in [0.717, 1.165) is 37.6 Å². The largest absolute Gasteiger partial charge is 0.465 e. The summed E-state index contributed by atoms with van der Waals surface area (Å²) < 4.78 is 5.66. The molecule has 3 heteroatoms. The minimum absolute atomic E-state index is 0.0846. The summed E-state index contributed by atoms with van der Waals surface area (Å²) in [6.45, 7) is 5.05. The van der Waals surface area contributed by atoms with Crippen molar-refractivity contribution in [3.8, 4) is 0 Å². The summed E-state index contributed by atoms with van der Waals surface area (Å²) in [4.78, 5) is 2.45. The minimum atomic E-state index is -0.0846. The second kappa shape index (κ2) is 4.71. The van der Waals surface area contributed by atoms with Crippen molar-refractivity contribution in [3.05, 3.63) is 23.7 Å². The van der Waals surface area contributed by atoms with Crippen LogP contribution in [0.2, 0.25) is 0 Å². The summed E-state index contributed by atoms with van der Waals surface area (Å²) in [5.74, 6) is 2.04. The zero-order chi connectivity index (χ0) is 12.6. The number of furan rings is 1. The van der Waals surface area contributed by atoms with Crippen LogP contribution in [0.3, 0.4) is 0 Å².